The molecule has 25 heavy (non-hydrogen) atoms. The first kappa shape index (κ1) is 19.4. The Balaban J connectivity index is 2.15. The second-order valence-electron chi connectivity index (χ2n) is 7.36. The van der Waals surface area contributed by atoms with Crippen molar-refractivity contribution in [2.75, 3.05) is 32.7 Å². The van der Waals surface area contributed by atoms with Gasteiger partial charge in [0.25, 0.3) is 11.8 Å². The Morgan fingerprint density at radius 2 is 1.84 bits per heavy atom. The fourth-order valence-corrected chi connectivity index (χ4v) is 3.37. The van der Waals surface area contributed by atoms with Gasteiger partial charge in [0.2, 0.25) is 0 Å². The second kappa shape index (κ2) is 8.48. The summed E-state index contributed by atoms with van der Waals surface area (Å²) in [6.07, 6.45) is 2.78. The monoisotopic (exact) mass is 345 g/mol. The molecule has 1 heterocycles. The van der Waals surface area contributed by atoms with E-state index in [0.29, 0.717) is 24.2 Å². The average Bonchev–Trinajstić information content (AvgIpc) is 3.03. The smallest absolute Gasteiger partial charge is 0.253 e. The highest BCUT2D eigenvalue weighted by Crippen LogP contribution is 2.29. The SMILES string of the molecule is CCCN(CCC)C(=O)c1cccc(C(=O)N2CCC(C)(CN)C2)c1. The van der Waals surface area contributed by atoms with Crippen LogP contribution in [-0.4, -0.2) is 54.3 Å². The van der Waals surface area contributed by atoms with E-state index in [4.69, 9.17) is 5.73 Å². The summed E-state index contributed by atoms with van der Waals surface area (Å²) >= 11 is 0. The summed E-state index contributed by atoms with van der Waals surface area (Å²) in [6.45, 7) is 9.72. The predicted octanol–water partition coefficient (Wildman–Crippen LogP) is 2.76. The van der Waals surface area contributed by atoms with Gasteiger partial charge >= 0.3 is 0 Å². The number of rotatable bonds is 7. The summed E-state index contributed by atoms with van der Waals surface area (Å²) in [5, 5.41) is 0. The van der Waals surface area contributed by atoms with Crippen molar-refractivity contribution in [2.24, 2.45) is 11.1 Å². The van der Waals surface area contributed by atoms with Crippen molar-refractivity contribution < 1.29 is 9.59 Å². The standard InChI is InChI=1S/C20H31N3O2/c1-4-10-22(11-5-2)18(24)16-7-6-8-17(13-16)19(25)23-12-9-20(3,14-21)15-23/h6-8,13H,4-5,9-12,14-15,21H2,1-3H3. The normalized spacial score (nSPS) is 19.9. The highest BCUT2D eigenvalue weighted by atomic mass is 16.2. The van der Waals surface area contributed by atoms with E-state index in [1.54, 1.807) is 24.3 Å². The molecule has 1 aliphatic heterocycles. The summed E-state index contributed by atoms with van der Waals surface area (Å²) in [4.78, 5) is 29.3. The molecule has 1 unspecified atom stereocenters. The highest BCUT2D eigenvalue weighted by Gasteiger charge is 2.35. The van der Waals surface area contributed by atoms with Crippen LogP contribution in [0.3, 0.4) is 0 Å². The van der Waals surface area contributed by atoms with Gasteiger partial charge in [0, 0.05) is 37.3 Å². The van der Waals surface area contributed by atoms with Crippen molar-refractivity contribution in [1.82, 2.24) is 9.80 Å². The number of likely N-dealkylation sites (tertiary alicyclic amines) is 1. The molecule has 2 rings (SSSR count). The van der Waals surface area contributed by atoms with E-state index < -0.39 is 0 Å². The van der Waals surface area contributed by atoms with Crippen LogP contribution in [0.2, 0.25) is 0 Å². The summed E-state index contributed by atoms with van der Waals surface area (Å²) in [6, 6.07) is 7.13. The summed E-state index contributed by atoms with van der Waals surface area (Å²) in [7, 11) is 0. The van der Waals surface area contributed by atoms with Crippen molar-refractivity contribution in [2.45, 2.75) is 40.0 Å². The van der Waals surface area contributed by atoms with Crippen LogP contribution in [0.15, 0.2) is 24.3 Å². The molecule has 0 radical (unpaired) electrons. The van der Waals surface area contributed by atoms with E-state index >= 15 is 0 Å². The molecule has 1 aromatic rings. The Labute approximate surface area is 151 Å². The molecular formula is C20H31N3O2. The molecule has 0 aromatic heterocycles. The van der Waals surface area contributed by atoms with Crippen LogP contribution >= 0.6 is 0 Å². The van der Waals surface area contributed by atoms with Crippen molar-refractivity contribution in [3.63, 3.8) is 0 Å². The van der Waals surface area contributed by atoms with E-state index in [2.05, 4.69) is 20.8 Å². The van der Waals surface area contributed by atoms with E-state index in [-0.39, 0.29) is 17.2 Å². The third-order valence-corrected chi connectivity index (χ3v) is 4.97. The molecular weight excluding hydrogens is 314 g/mol. The third kappa shape index (κ3) is 4.60. The fourth-order valence-electron chi connectivity index (χ4n) is 3.37. The van der Waals surface area contributed by atoms with Gasteiger partial charge in [-0.15, -0.1) is 0 Å². The Hall–Kier alpha value is -1.88. The first-order valence-corrected chi connectivity index (χ1v) is 9.32. The quantitative estimate of drug-likeness (QED) is 0.826. The number of nitrogens with two attached hydrogens (primary N) is 1. The van der Waals surface area contributed by atoms with Crippen molar-refractivity contribution in [1.29, 1.82) is 0 Å². The van der Waals surface area contributed by atoms with Gasteiger partial charge in [-0.05, 0) is 49.4 Å². The zero-order chi connectivity index (χ0) is 18.4. The molecule has 0 aliphatic carbocycles. The van der Waals surface area contributed by atoms with Gasteiger partial charge in [0.05, 0.1) is 0 Å². The van der Waals surface area contributed by atoms with Crippen LogP contribution in [0.25, 0.3) is 0 Å². The van der Waals surface area contributed by atoms with Gasteiger partial charge in [-0.3, -0.25) is 9.59 Å². The molecule has 138 valence electrons. The Morgan fingerprint density at radius 3 is 2.40 bits per heavy atom. The van der Waals surface area contributed by atoms with Crippen LogP contribution in [0.1, 0.15) is 60.7 Å². The minimum atomic E-state index is -0.00985. The zero-order valence-corrected chi connectivity index (χ0v) is 15.8. The van der Waals surface area contributed by atoms with Crippen LogP contribution < -0.4 is 5.73 Å². The number of carbonyl (C=O) groups is 2. The fraction of sp³-hybridized carbons (Fsp3) is 0.600. The molecule has 1 atom stereocenters. The summed E-state index contributed by atoms with van der Waals surface area (Å²) in [5.74, 6) is -0.00377. The van der Waals surface area contributed by atoms with Gasteiger partial charge < -0.3 is 15.5 Å². The molecule has 2 amide bonds. The topological polar surface area (TPSA) is 66.6 Å². The Morgan fingerprint density at radius 1 is 1.20 bits per heavy atom. The predicted molar refractivity (Wildman–Crippen MR) is 101 cm³/mol. The number of nitrogens with zero attached hydrogens (tertiary/aromatic N) is 2. The molecule has 1 aliphatic rings. The molecule has 1 saturated heterocycles. The number of amides is 2. The van der Waals surface area contributed by atoms with E-state index in [0.717, 1.165) is 38.9 Å². The minimum Gasteiger partial charge on any atom is -0.339 e. The lowest BCUT2D eigenvalue weighted by Gasteiger charge is -2.23. The largest absolute Gasteiger partial charge is 0.339 e. The molecule has 0 bridgehead atoms. The number of carbonyl (C=O) groups excluding carboxylic acids is 2. The van der Waals surface area contributed by atoms with Crippen molar-refractivity contribution in [3.8, 4) is 0 Å². The lowest BCUT2D eigenvalue weighted by atomic mass is 9.90. The lowest BCUT2D eigenvalue weighted by Crippen LogP contribution is -2.35. The van der Waals surface area contributed by atoms with Crippen LogP contribution in [-0.2, 0) is 0 Å². The average molecular weight is 345 g/mol. The minimum absolute atomic E-state index is 0.00212. The Bertz CT molecular complexity index is 611. The molecule has 1 fully saturated rings. The lowest BCUT2D eigenvalue weighted by molar-refractivity contribution is 0.0755. The maximum atomic E-state index is 12.8. The molecule has 0 saturated carbocycles. The van der Waals surface area contributed by atoms with Gasteiger partial charge in [-0.25, -0.2) is 0 Å². The first-order chi connectivity index (χ1) is 11.9. The van der Waals surface area contributed by atoms with Crippen molar-refractivity contribution >= 4 is 11.8 Å². The molecule has 5 heteroatoms. The summed E-state index contributed by atoms with van der Waals surface area (Å²) in [5.41, 5.74) is 7.01. The van der Waals surface area contributed by atoms with E-state index in [1.165, 1.54) is 0 Å². The number of hydrogen-bond donors (Lipinski definition) is 1. The second-order valence-corrected chi connectivity index (χ2v) is 7.36. The van der Waals surface area contributed by atoms with Gasteiger partial charge in [-0.2, -0.15) is 0 Å². The molecule has 2 N–H and O–H groups in total. The molecule has 5 nitrogen and oxygen atoms in total. The van der Waals surface area contributed by atoms with E-state index in [1.807, 2.05) is 9.80 Å². The van der Waals surface area contributed by atoms with E-state index in [9.17, 15) is 9.59 Å². The third-order valence-electron chi connectivity index (χ3n) is 4.97. The zero-order valence-electron chi connectivity index (χ0n) is 15.8. The number of hydrogen-bond acceptors (Lipinski definition) is 3. The van der Waals surface area contributed by atoms with Crippen molar-refractivity contribution in [3.05, 3.63) is 35.4 Å². The molecule has 1 aromatic carbocycles. The first-order valence-electron chi connectivity index (χ1n) is 9.32. The van der Waals surface area contributed by atoms with Gasteiger partial charge in [0.15, 0.2) is 0 Å². The van der Waals surface area contributed by atoms with Crippen LogP contribution in [0.5, 0.6) is 0 Å². The highest BCUT2D eigenvalue weighted by molar-refractivity contribution is 5.99. The van der Waals surface area contributed by atoms with Gasteiger partial charge in [-0.1, -0.05) is 26.8 Å². The Kier molecular flexibility index (Phi) is 6.59. The maximum absolute atomic E-state index is 12.8. The summed E-state index contributed by atoms with van der Waals surface area (Å²) < 4.78 is 0. The van der Waals surface area contributed by atoms with Gasteiger partial charge in [0.1, 0.15) is 0 Å². The molecule has 0 spiro atoms. The number of benzene rings is 1. The van der Waals surface area contributed by atoms with Crippen LogP contribution in [0.4, 0.5) is 0 Å². The van der Waals surface area contributed by atoms with Crippen LogP contribution in [0, 0.1) is 5.41 Å². The maximum Gasteiger partial charge on any atom is 0.253 e.